The summed E-state index contributed by atoms with van der Waals surface area (Å²) in [6.07, 6.45) is 2.80. The van der Waals surface area contributed by atoms with Crippen molar-refractivity contribution in [3.8, 4) is 0 Å². The summed E-state index contributed by atoms with van der Waals surface area (Å²) in [7, 11) is 0. The molecule has 2 aliphatic heterocycles. The SMILES string of the molecule is NC(=O)CC(NC(=O)C1CCC(=O)N1)C(=O)N1CCCC1C(=O)Nc1cccc2ncccc12. The molecule has 34 heavy (non-hydrogen) atoms. The van der Waals surface area contributed by atoms with E-state index in [4.69, 9.17) is 5.73 Å². The van der Waals surface area contributed by atoms with Gasteiger partial charge in [0.1, 0.15) is 18.1 Å². The van der Waals surface area contributed by atoms with Gasteiger partial charge in [0.05, 0.1) is 17.6 Å². The van der Waals surface area contributed by atoms with Gasteiger partial charge in [0.2, 0.25) is 29.5 Å². The lowest BCUT2D eigenvalue weighted by Crippen LogP contribution is -2.56. The number of nitrogens with zero attached hydrogens (tertiary/aromatic N) is 2. The molecule has 2 aromatic rings. The number of hydrogen-bond acceptors (Lipinski definition) is 6. The van der Waals surface area contributed by atoms with E-state index in [0.29, 0.717) is 31.5 Å². The molecule has 178 valence electrons. The Morgan fingerprint density at radius 3 is 2.71 bits per heavy atom. The number of nitrogens with one attached hydrogen (secondary N) is 3. The number of anilines is 1. The first-order valence-electron chi connectivity index (χ1n) is 11.2. The van der Waals surface area contributed by atoms with Gasteiger partial charge in [-0.05, 0) is 43.5 Å². The first-order chi connectivity index (χ1) is 16.3. The minimum Gasteiger partial charge on any atom is -0.370 e. The number of nitrogens with two attached hydrogens (primary N) is 1. The molecule has 5 N–H and O–H groups in total. The molecule has 0 bridgehead atoms. The number of carbonyl (C=O) groups excluding carboxylic acids is 5. The topological polar surface area (TPSA) is 164 Å². The number of primary amides is 1. The molecule has 2 saturated heterocycles. The Hall–Kier alpha value is -4.02. The third-order valence-electron chi connectivity index (χ3n) is 6.07. The van der Waals surface area contributed by atoms with E-state index < -0.39 is 42.3 Å². The zero-order valence-corrected chi connectivity index (χ0v) is 18.5. The van der Waals surface area contributed by atoms with E-state index in [2.05, 4.69) is 20.9 Å². The van der Waals surface area contributed by atoms with Crippen molar-refractivity contribution in [2.75, 3.05) is 11.9 Å². The van der Waals surface area contributed by atoms with E-state index in [-0.39, 0.29) is 18.2 Å². The summed E-state index contributed by atoms with van der Waals surface area (Å²) in [5, 5.41) is 8.72. The Balaban J connectivity index is 1.48. The van der Waals surface area contributed by atoms with E-state index in [0.717, 1.165) is 10.9 Å². The zero-order chi connectivity index (χ0) is 24.2. The molecule has 3 heterocycles. The summed E-state index contributed by atoms with van der Waals surface area (Å²) in [4.78, 5) is 67.7. The maximum absolute atomic E-state index is 13.3. The average molecular weight is 466 g/mol. The van der Waals surface area contributed by atoms with Crippen molar-refractivity contribution in [3.63, 3.8) is 0 Å². The van der Waals surface area contributed by atoms with Crippen LogP contribution >= 0.6 is 0 Å². The quantitative estimate of drug-likeness (QED) is 0.442. The number of fused-ring (bicyclic) bond motifs is 1. The number of hydrogen-bond donors (Lipinski definition) is 4. The Kier molecular flexibility index (Phi) is 6.71. The van der Waals surface area contributed by atoms with E-state index in [1.165, 1.54) is 4.90 Å². The highest BCUT2D eigenvalue weighted by Gasteiger charge is 2.39. The van der Waals surface area contributed by atoms with Crippen molar-refractivity contribution in [1.82, 2.24) is 20.5 Å². The van der Waals surface area contributed by atoms with Gasteiger partial charge in [0.15, 0.2) is 0 Å². The van der Waals surface area contributed by atoms with E-state index in [1.54, 1.807) is 24.4 Å². The minimum absolute atomic E-state index is 0.213. The van der Waals surface area contributed by atoms with Crippen LogP contribution in [0.2, 0.25) is 0 Å². The molecule has 0 aliphatic carbocycles. The fourth-order valence-electron chi connectivity index (χ4n) is 4.42. The Bertz CT molecular complexity index is 1150. The molecule has 4 rings (SSSR count). The van der Waals surface area contributed by atoms with Crippen LogP contribution in [0.5, 0.6) is 0 Å². The van der Waals surface area contributed by atoms with Gasteiger partial charge in [-0.25, -0.2) is 0 Å². The van der Waals surface area contributed by atoms with Crippen LogP contribution in [0.1, 0.15) is 32.1 Å². The highest BCUT2D eigenvalue weighted by atomic mass is 16.2. The number of likely N-dealkylation sites (tertiary alicyclic amines) is 1. The summed E-state index contributed by atoms with van der Waals surface area (Å²) in [5.74, 6) is -2.51. The minimum atomic E-state index is -1.22. The predicted octanol–water partition coefficient (Wildman–Crippen LogP) is -0.197. The fourth-order valence-corrected chi connectivity index (χ4v) is 4.42. The number of amides is 5. The Morgan fingerprint density at radius 1 is 1.15 bits per heavy atom. The normalized spacial score (nSPS) is 20.6. The molecule has 5 amide bonds. The monoisotopic (exact) mass is 466 g/mol. The lowest BCUT2D eigenvalue weighted by Gasteiger charge is -2.29. The smallest absolute Gasteiger partial charge is 0.247 e. The van der Waals surface area contributed by atoms with Gasteiger partial charge in [0, 0.05) is 24.5 Å². The van der Waals surface area contributed by atoms with Crippen LogP contribution in [0.15, 0.2) is 36.5 Å². The maximum atomic E-state index is 13.3. The molecule has 2 fully saturated rings. The molecule has 1 aromatic heterocycles. The molecule has 0 spiro atoms. The lowest BCUT2D eigenvalue weighted by molar-refractivity contribution is -0.141. The van der Waals surface area contributed by atoms with Crippen LogP contribution in [0, 0.1) is 0 Å². The summed E-state index contributed by atoms with van der Waals surface area (Å²) in [6.45, 7) is 0.305. The van der Waals surface area contributed by atoms with Gasteiger partial charge in [-0.1, -0.05) is 6.07 Å². The van der Waals surface area contributed by atoms with Gasteiger partial charge in [-0.3, -0.25) is 29.0 Å². The largest absolute Gasteiger partial charge is 0.370 e. The molecule has 0 radical (unpaired) electrons. The van der Waals surface area contributed by atoms with E-state index >= 15 is 0 Å². The molecule has 3 unspecified atom stereocenters. The summed E-state index contributed by atoms with van der Waals surface area (Å²) < 4.78 is 0. The van der Waals surface area contributed by atoms with Gasteiger partial charge in [-0.2, -0.15) is 0 Å². The summed E-state index contributed by atoms with van der Waals surface area (Å²) in [5.41, 5.74) is 6.62. The van der Waals surface area contributed by atoms with Crippen LogP contribution in [0.3, 0.4) is 0 Å². The van der Waals surface area contributed by atoms with Gasteiger partial charge in [-0.15, -0.1) is 0 Å². The number of aromatic nitrogens is 1. The van der Waals surface area contributed by atoms with Crippen molar-refractivity contribution < 1.29 is 24.0 Å². The highest BCUT2D eigenvalue weighted by molar-refractivity contribution is 6.05. The highest BCUT2D eigenvalue weighted by Crippen LogP contribution is 2.25. The molecular weight excluding hydrogens is 440 g/mol. The fraction of sp³-hybridized carbons (Fsp3) is 0.391. The molecule has 3 atom stereocenters. The second-order valence-electron chi connectivity index (χ2n) is 8.44. The second kappa shape index (κ2) is 9.86. The van der Waals surface area contributed by atoms with E-state index in [1.807, 2.05) is 12.1 Å². The molecule has 0 saturated carbocycles. The molecule has 2 aliphatic rings. The first kappa shape index (κ1) is 23.1. The summed E-state index contributed by atoms with van der Waals surface area (Å²) in [6, 6.07) is 6.23. The average Bonchev–Trinajstić information content (AvgIpc) is 3.47. The van der Waals surface area contributed by atoms with Crippen molar-refractivity contribution in [1.29, 1.82) is 0 Å². The molecule has 11 nitrogen and oxygen atoms in total. The van der Waals surface area contributed by atoms with Crippen LogP contribution in [0.4, 0.5) is 5.69 Å². The number of benzene rings is 1. The Labute approximate surface area is 195 Å². The van der Waals surface area contributed by atoms with Crippen molar-refractivity contribution in [3.05, 3.63) is 36.5 Å². The van der Waals surface area contributed by atoms with Crippen LogP contribution in [0.25, 0.3) is 10.9 Å². The van der Waals surface area contributed by atoms with Crippen molar-refractivity contribution in [2.24, 2.45) is 5.73 Å². The Morgan fingerprint density at radius 2 is 1.97 bits per heavy atom. The van der Waals surface area contributed by atoms with Gasteiger partial charge in [0.25, 0.3) is 0 Å². The number of carbonyl (C=O) groups is 5. The van der Waals surface area contributed by atoms with Crippen molar-refractivity contribution in [2.45, 2.75) is 50.2 Å². The van der Waals surface area contributed by atoms with Crippen LogP contribution in [-0.2, 0) is 24.0 Å². The van der Waals surface area contributed by atoms with Crippen LogP contribution < -0.4 is 21.7 Å². The summed E-state index contributed by atoms with van der Waals surface area (Å²) >= 11 is 0. The third-order valence-corrected chi connectivity index (χ3v) is 6.07. The van der Waals surface area contributed by atoms with Gasteiger partial charge < -0.3 is 26.6 Å². The molecule has 11 heteroatoms. The number of rotatable bonds is 7. The van der Waals surface area contributed by atoms with Crippen molar-refractivity contribution >= 4 is 46.1 Å². The molecule has 1 aromatic carbocycles. The standard InChI is InChI=1S/C23H26N6O5/c24-19(30)12-17(28-21(32)16-8-9-20(31)26-16)23(34)29-11-3-7-18(29)22(33)27-15-6-1-5-14-13(15)4-2-10-25-14/h1-2,4-6,10,16-18H,3,7-9,11-12H2,(H2,24,30)(H,26,31)(H,27,33)(H,28,32). The first-order valence-corrected chi connectivity index (χ1v) is 11.2. The van der Waals surface area contributed by atoms with Gasteiger partial charge >= 0.3 is 0 Å². The third kappa shape index (κ3) is 4.98. The second-order valence-corrected chi connectivity index (χ2v) is 8.44. The zero-order valence-electron chi connectivity index (χ0n) is 18.5. The molecular formula is C23H26N6O5. The van der Waals surface area contributed by atoms with E-state index in [9.17, 15) is 24.0 Å². The predicted molar refractivity (Wildman–Crippen MR) is 122 cm³/mol. The van der Waals surface area contributed by atoms with Crippen LogP contribution in [-0.4, -0.2) is 64.1 Å². The maximum Gasteiger partial charge on any atom is 0.247 e. The lowest BCUT2D eigenvalue weighted by atomic mass is 10.1. The number of pyridine rings is 1.